The number of nitrogens with two attached hydrogens (primary N) is 1. The van der Waals surface area contributed by atoms with E-state index in [4.69, 9.17) is 5.73 Å². The highest BCUT2D eigenvalue weighted by Crippen LogP contribution is 2.52. The van der Waals surface area contributed by atoms with Crippen molar-refractivity contribution in [3.8, 4) is 22.3 Å². The number of hydrogen-bond donors (Lipinski definition) is 1. The SMILES string of the molecule is C=C(c1ccccc1C)N(c1ccccc1N)c1ccc2c3c(cccc13)-c1cc3ccccc3cc1-2. The zero-order chi connectivity index (χ0) is 25.1. The van der Waals surface area contributed by atoms with Gasteiger partial charge >= 0.3 is 0 Å². The second-order valence-corrected chi connectivity index (χ2v) is 9.76. The quantitative estimate of drug-likeness (QED) is 0.257. The van der Waals surface area contributed by atoms with Crippen molar-refractivity contribution in [2.24, 2.45) is 0 Å². The van der Waals surface area contributed by atoms with E-state index in [1.807, 2.05) is 18.2 Å². The number of hydrogen-bond acceptors (Lipinski definition) is 2. The van der Waals surface area contributed by atoms with E-state index in [9.17, 15) is 0 Å². The molecule has 2 nitrogen and oxygen atoms in total. The summed E-state index contributed by atoms with van der Waals surface area (Å²) in [6.45, 7) is 6.72. The van der Waals surface area contributed by atoms with Gasteiger partial charge in [-0.25, -0.2) is 0 Å². The lowest BCUT2D eigenvalue weighted by Crippen LogP contribution is -2.17. The number of aryl methyl sites for hydroxylation is 1. The van der Waals surface area contributed by atoms with Gasteiger partial charge in [-0.3, -0.25) is 0 Å². The minimum absolute atomic E-state index is 0.718. The van der Waals surface area contributed by atoms with E-state index in [0.29, 0.717) is 0 Å². The zero-order valence-corrected chi connectivity index (χ0v) is 20.7. The standard InChI is InChI=1S/C35H26N2/c1-22-10-3-6-13-26(22)23(2)37(34-17-8-7-16-32(34)36)33-19-18-28-31-21-25-12-5-4-11-24(25)20-30(31)27-14-9-15-29(33)35(27)28/h3-21H,2,36H2,1H3. The van der Waals surface area contributed by atoms with E-state index in [0.717, 1.165) is 28.3 Å². The molecule has 2 N–H and O–H groups in total. The summed E-state index contributed by atoms with van der Waals surface area (Å²) in [4.78, 5) is 2.22. The molecule has 176 valence electrons. The van der Waals surface area contributed by atoms with E-state index in [1.165, 1.54) is 49.4 Å². The summed E-state index contributed by atoms with van der Waals surface area (Å²) in [6, 6.07) is 40.8. The third-order valence-corrected chi connectivity index (χ3v) is 7.63. The van der Waals surface area contributed by atoms with Crippen LogP contribution in [0.15, 0.2) is 122 Å². The summed E-state index contributed by atoms with van der Waals surface area (Å²) in [5.41, 5.74) is 17.6. The highest BCUT2D eigenvalue weighted by molar-refractivity contribution is 6.21. The summed E-state index contributed by atoms with van der Waals surface area (Å²) in [5.74, 6) is 0. The first-order valence-corrected chi connectivity index (χ1v) is 12.6. The Hall–Kier alpha value is -4.82. The molecular formula is C35H26N2. The van der Waals surface area contributed by atoms with Gasteiger partial charge in [0, 0.05) is 16.6 Å². The van der Waals surface area contributed by atoms with Crippen molar-refractivity contribution in [2.45, 2.75) is 6.92 Å². The van der Waals surface area contributed by atoms with Crippen molar-refractivity contribution in [2.75, 3.05) is 10.6 Å². The number of benzene rings is 6. The minimum Gasteiger partial charge on any atom is -0.397 e. The number of anilines is 3. The first kappa shape index (κ1) is 21.5. The summed E-state index contributed by atoms with van der Waals surface area (Å²) in [6.07, 6.45) is 0. The molecule has 0 bridgehead atoms. The number of para-hydroxylation sites is 2. The first-order chi connectivity index (χ1) is 18.1. The Kier molecular flexibility index (Phi) is 4.70. The monoisotopic (exact) mass is 474 g/mol. The van der Waals surface area contributed by atoms with Crippen molar-refractivity contribution < 1.29 is 0 Å². The van der Waals surface area contributed by atoms with Crippen LogP contribution in [-0.2, 0) is 0 Å². The lowest BCUT2D eigenvalue weighted by Gasteiger charge is -2.30. The summed E-state index contributed by atoms with van der Waals surface area (Å²) < 4.78 is 0. The lowest BCUT2D eigenvalue weighted by molar-refractivity contribution is 1.29. The fourth-order valence-electron chi connectivity index (χ4n) is 5.85. The van der Waals surface area contributed by atoms with Gasteiger partial charge in [0.1, 0.15) is 0 Å². The number of rotatable bonds is 4. The van der Waals surface area contributed by atoms with Crippen LogP contribution in [0.25, 0.3) is 49.5 Å². The van der Waals surface area contributed by atoms with Crippen LogP contribution in [-0.4, -0.2) is 0 Å². The molecule has 2 heteroatoms. The number of nitrogen functional groups attached to an aromatic ring is 1. The van der Waals surface area contributed by atoms with E-state index in [-0.39, 0.29) is 0 Å². The molecule has 1 aliphatic rings. The van der Waals surface area contributed by atoms with Gasteiger partial charge in [-0.1, -0.05) is 91.5 Å². The van der Waals surface area contributed by atoms with Gasteiger partial charge in [0.05, 0.1) is 17.1 Å². The third-order valence-electron chi connectivity index (χ3n) is 7.63. The van der Waals surface area contributed by atoms with Gasteiger partial charge in [0.25, 0.3) is 0 Å². The summed E-state index contributed by atoms with van der Waals surface area (Å²) >= 11 is 0. The van der Waals surface area contributed by atoms with E-state index in [2.05, 4.69) is 115 Å². The molecule has 0 fully saturated rings. The summed E-state index contributed by atoms with van der Waals surface area (Å²) in [5, 5.41) is 4.99. The lowest BCUT2D eigenvalue weighted by atomic mass is 9.98. The largest absolute Gasteiger partial charge is 0.397 e. The van der Waals surface area contributed by atoms with Crippen molar-refractivity contribution in [3.63, 3.8) is 0 Å². The molecule has 0 aliphatic heterocycles. The van der Waals surface area contributed by atoms with Crippen LogP contribution in [0.5, 0.6) is 0 Å². The van der Waals surface area contributed by atoms with Gasteiger partial charge < -0.3 is 10.6 Å². The van der Waals surface area contributed by atoms with Crippen molar-refractivity contribution in [3.05, 3.63) is 133 Å². The van der Waals surface area contributed by atoms with Crippen LogP contribution < -0.4 is 10.6 Å². The van der Waals surface area contributed by atoms with Gasteiger partial charge in [0.2, 0.25) is 0 Å². The topological polar surface area (TPSA) is 29.3 Å². The smallest absolute Gasteiger partial charge is 0.0691 e. The predicted octanol–water partition coefficient (Wildman–Crippen LogP) is 9.34. The first-order valence-electron chi connectivity index (χ1n) is 12.6. The van der Waals surface area contributed by atoms with E-state index in [1.54, 1.807) is 0 Å². The fourth-order valence-corrected chi connectivity index (χ4v) is 5.85. The molecule has 6 aromatic carbocycles. The Balaban J connectivity index is 1.51. The van der Waals surface area contributed by atoms with Crippen LogP contribution >= 0.6 is 0 Å². The molecule has 7 rings (SSSR count). The van der Waals surface area contributed by atoms with Gasteiger partial charge in [-0.15, -0.1) is 0 Å². The van der Waals surface area contributed by atoms with Crippen molar-refractivity contribution in [1.82, 2.24) is 0 Å². The van der Waals surface area contributed by atoms with Gasteiger partial charge in [-0.2, -0.15) is 0 Å². The average Bonchev–Trinajstić information content (AvgIpc) is 3.24. The van der Waals surface area contributed by atoms with Crippen LogP contribution in [0.2, 0.25) is 0 Å². The number of nitrogens with zero attached hydrogens (tertiary/aromatic N) is 1. The molecule has 6 aromatic rings. The van der Waals surface area contributed by atoms with Crippen LogP contribution in [0, 0.1) is 6.92 Å². The normalized spacial score (nSPS) is 11.6. The van der Waals surface area contributed by atoms with Crippen LogP contribution in [0.4, 0.5) is 17.1 Å². The molecule has 37 heavy (non-hydrogen) atoms. The third kappa shape index (κ3) is 3.19. The molecule has 0 radical (unpaired) electrons. The molecule has 0 heterocycles. The number of fused-ring (bicyclic) bond motifs is 4. The molecule has 0 unspecified atom stereocenters. The fraction of sp³-hybridized carbons (Fsp3) is 0.0286. The Morgan fingerprint density at radius 2 is 1.27 bits per heavy atom. The highest BCUT2D eigenvalue weighted by atomic mass is 15.2. The van der Waals surface area contributed by atoms with Crippen molar-refractivity contribution in [1.29, 1.82) is 0 Å². The van der Waals surface area contributed by atoms with E-state index >= 15 is 0 Å². The Labute approximate surface area is 216 Å². The van der Waals surface area contributed by atoms with E-state index < -0.39 is 0 Å². The maximum Gasteiger partial charge on any atom is 0.0691 e. The second kappa shape index (κ2) is 8.11. The minimum atomic E-state index is 0.718. The molecule has 0 spiro atoms. The predicted molar refractivity (Wildman–Crippen MR) is 159 cm³/mol. The molecular weight excluding hydrogens is 448 g/mol. The van der Waals surface area contributed by atoms with Crippen molar-refractivity contribution >= 4 is 44.3 Å². The van der Waals surface area contributed by atoms with Crippen LogP contribution in [0.3, 0.4) is 0 Å². The molecule has 0 atom stereocenters. The van der Waals surface area contributed by atoms with Crippen LogP contribution in [0.1, 0.15) is 11.1 Å². The zero-order valence-electron chi connectivity index (χ0n) is 20.7. The van der Waals surface area contributed by atoms with Gasteiger partial charge in [0.15, 0.2) is 0 Å². The molecule has 1 aliphatic carbocycles. The highest BCUT2D eigenvalue weighted by Gasteiger charge is 2.26. The Morgan fingerprint density at radius 1 is 0.622 bits per heavy atom. The Bertz CT molecular complexity index is 1830. The molecule has 0 saturated heterocycles. The Morgan fingerprint density at radius 3 is 2.00 bits per heavy atom. The molecule has 0 saturated carbocycles. The maximum atomic E-state index is 6.57. The van der Waals surface area contributed by atoms with Gasteiger partial charge in [-0.05, 0) is 81.2 Å². The average molecular weight is 475 g/mol. The summed E-state index contributed by atoms with van der Waals surface area (Å²) in [7, 11) is 0. The molecule has 0 amide bonds. The molecule has 0 aromatic heterocycles. The second-order valence-electron chi connectivity index (χ2n) is 9.76. The maximum absolute atomic E-state index is 6.57.